The van der Waals surface area contributed by atoms with E-state index in [0.29, 0.717) is 10.5 Å². The van der Waals surface area contributed by atoms with Crippen LogP contribution in [-0.2, 0) is 6.18 Å². The van der Waals surface area contributed by atoms with Crippen molar-refractivity contribution in [3.8, 4) is 0 Å². The second-order valence-electron chi connectivity index (χ2n) is 3.36. The van der Waals surface area contributed by atoms with Crippen LogP contribution in [0.2, 0.25) is 0 Å². The summed E-state index contributed by atoms with van der Waals surface area (Å²) in [4.78, 5) is 9.45. The van der Waals surface area contributed by atoms with Gasteiger partial charge in [-0.1, -0.05) is 22.5 Å². The van der Waals surface area contributed by atoms with Crippen molar-refractivity contribution in [3.63, 3.8) is 0 Å². The molecule has 0 radical (unpaired) electrons. The van der Waals surface area contributed by atoms with Crippen molar-refractivity contribution in [1.29, 1.82) is 0 Å². The molecule has 98 valence electrons. The lowest BCUT2D eigenvalue weighted by Gasteiger charge is -2.10. The number of benzene rings is 1. The first-order chi connectivity index (χ1) is 8.21. The highest BCUT2D eigenvalue weighted by molar-refractivity contribution is 9.11. The number of anilines is 1. The Morgan fingerprint density at radius 2 is 2.11 bits per heavy atom. The Morgan fingerprint density at radius 1 is 1.50 bits per heavy atom. The van der Waals surface area contributed by atoms with Crippen molar-refractivity contribution in [1.82, 2.24) is 0 Å². The summed E-state index contributed by atoms with van der Waals surface area (Å²) in [6.45, 7) is 3.73. The van der Waals surface area contributed by atoms with Crippen LogP contribution in [0.1, 0.15) is 5.56 Å². The summed E-state index contributed by atoms with van der Waals surface area (Å²) in [6.07, 6.45) is -4.77. The van der Waals surface area contributed by atoms with Crippen molar-refractivity contribution >= 4 is 27.3 Å². The first-order valence-corrected chi connectivity index (χ1v) is 5.44. The standard InChI is InChI=1S/C10H8BrF3N2O2/c1-6(11)5-15-7-2-3-9(16(17)18)8(4-7)10(12,13)14/h2-4,15H,1,5H2. The van der Waals surface area contributed by atoms with Crippen LogP contribution in [0.15, 0.2) is 29.3 Å². The highest BCUT2D eigenvalue weighted by Crippen LogP contribution is 2.37. The Bertz CT molecular complexity index is 489. The highest BCUT2D eigenvalue weighted by Gasteiger charge is 2.38. The lowest BCUT2D eigenvalue weighted by atomic mass is 10.1. The van der Waals surface area contributed by atoms with Gasteiger partial charge in [-0.05, 0) is 12.1 Å². The Labute approximate surface area is 109 Å². The van der Waals surface area contributed by atoms with Gasteiger partial charge < -0.3 is 5.32 Å². The molecule has 0 aromatic heterocycles. The fraction of sp³-hybridized carbons (Fsp3) is 0.200. The molecule has 18 heavy (non-hydrogen) atoms. The molecule has 0 heterocycles. The van der Waals surface area contributed by atoms with Crippen molar-refractivity contribution in [2.75, 3.05) is 11.9 Å². The number of nitro groups is 1. The van der Waals surface area contributed by atoms with Crippen LogP contribution in [0.25, 0.3) is 0 Å². The molecule has 0 bridgehead atoms. The van der Waals surface area contributed by atoms with Gasteiger partial charge in [0.2, 0.25) is 0 Å². The number of hydrogen-bond acceptors (Lipinski definition) is 3. The van der Waals surface area contributed by atoms with E-state index in [1.165, 1.54) is 6.07 Å². The molecule has 0 fully saturated rings. The Morgan fingerprint density at radius 3 is 2.56 bits per heavy atom. The highest BCUT2D eigenvalue weighted by atomic mass is 79.9. The van der Waals surface area contributed by atoms with Crippen LogP contribution in [0.3, 0.4) is 0 Å². The minimum atomic E-state index is -4.77. The first-order valence-electron chi connectivity index (χ1n) is 4.64. The van der Waals surface area contributed by atoms with Crippen molar-refractivity contribution in [3.05, 3.63) is 44.9 Å². The number of hydrogen-bond donors (Lipinski definition) is 1. The minimum Gasteiger partial charge on any atom is -0.380 e. The number of rotatable bonds is 4. The molecular formula is C10H8BrF3N2O2. The molecule has 0 amide bonds. The van der Waals surface area contributed by atoms with Gasteiger partial charge in [0, 0.05) is 22.8 Å². The minimum absolute atomic E-state index is 0.133. The first kappa shape index (κ1) is 14.5. The molecule has 4 nitrogen and oxygen atoms in total. The summed E-state index contributed by atoms with van der Waals surface area (Å²) in [5, 5.41) is 13.2. The maximum absolute atomic E-state index is 12.6. The smallest absolute Gasteiger partial charge is 0.380 e. The quantitative estimate of drug-likeness (QED) is 0.674. The zero-order valence-corrected chi connectivity index (χ0v) is 10.5. The van der Waals surface area contributed by atoms with Crippen molar-refractivity contribution in [2.24, 2.45) is 0 Å². The summed E-state index contributed by atoms with van der Waals surface area (Å²) in [5.74, 6) is 0. The third-order valence-electron chi connectivity index (χ3n) is 1.98. The number of alkyl halides is 3. The average molecular weight is 325 g/mol. The SMILES string of the molecule is C=C(Br)CNc1ccc([N+](=O)[O-])c(C(F)(F)F)c1. The molecule has 1 N–H and O–H groups in total. The molecule has 0 aliphatic carbocycles. The lowest BCUT2D eigenvalue weighted by Crippen LogP contribution is -2.10. The molecule has 0 saturated carbocycles. The van der Waals surface area contributed by atoms with Crippen LogP contribution in [0.5, 0.6) is 0 Å². The molecule has 1 aromatic carbocycles. The van der Waals surface area contributed by atoms with Crippen LogP contribution in [0.4, 0.5) is 24.5 Å². The van der Waals surface area contributed by atoms with E-state index < -0.39 is 22.4 Å². The zero-order valence-electron chi connectivity index (χ0n) is 8.92. The van der Waals surface area contributed by atoms with Gasteiger partial charge in [0.25, 0.3) is 5.69 Å². The lowest BCUT2D eigenvalue weighted by molar-refractivity contribution is -0.388. The number of nitro benzene ring substituents is 1. The van der Waals surface area contributed by atoms with E-state index >= 15 is 0 Å². The fourth-order valence-electron chi connectivity index (χ4n) is 1.23. The fourth-order valence-corrected chi connectivity index (χ4v) is 1.37. The molecule has 1 rings (SSSR count). The van der Waals surface area contributed by atoms with E-state index in [1.807, 2.05) is 0 Å². The van der Waals surface area contributed by atoms with Gasteiger partial charge in [-0.3, -0.25) is 10.1 Å². The van der Waals surface area contributed by atoms with E-state index in [9.17, 15) is 23.3 Å². The molecule has 0 aliphatic heterocycles. The average Bonchev–Trinajstić information content (AvgIpc) is 2.24. The van der Waals surface area contributed by atoms with E-state index in [4.69, 9.17) is 0 Å². The van der Waals surface area contributed by atoms with Gasteiger partial charge in [0.05, 0.1) is 4.92 Å². The summed E-state index contributed by atoms with van der Waals surface area (Å²) < 4.78 is 38.4. The third-order valence-corrected chi connectivity index (χ3v) is 2.26. The van der Waals surface area contributed by atoms with Crippen molar-refractivity contribution < 1.29 is 18.1 Å². The van der Waals surface area contributed by atoms with Gasteiger partial charge in [0.15, 0.2) is 0 Å². The maximum atomic E-state index is 12.6. The summed E-state index contributed by atoms with van der Waals surface area (Å²) in [5.41, 5.74) is -2.11. The Hall–Kier alpha value is -1.57. The molecule has 8 heteroatoms. The van der Waals surface area contributed by atoms with Gasteiger partial charge >= 0.3 is 6.18 Å². The predicted molar refractivity (Wildman–Crippen MR) is 64.7 cm³/mol. The molecule has 0 spiro atoms. The Kier molecular flexibility index (Phi) is 4.33. The number of nitrogens with one attached hydrogen (secondary N) is 1. The van der Waals surface area contributed by atoms with E-state index in [2.05, 4.69) is 27.8 Å². The zero-order chi connectivity index (χ0) is 13.9. The molecule has 1 aromatic rings. The van der Waals surface area contributed by atoms with Crippen molar-refractivity contribution in [2.45, 2.75) is 6.18 Å². The van der Waals surface area contributed by atoms with Gasteiger partial charge in [-0.15, -0.1) is 0 Å². The van der Waals surface area contributed by atoms with Crippen LogP contribution >= 0.6 is 15.9 Å². The van der Waals surface area contributed by atoms with Crippen LogP contribution in [-0.4, -0.2) is 11.5 Å². The molecule has 0 saturated heterocycles. The third kappa shape index (κ3) is 3.73. The van der Waals surface area contributed by atoms with E-state index in [1.54, 1.807) is 0 Å². The summed E-state index contributed by atoms with van der Waals surface area (Å²) >= 11 is 3.04. The topological polar surface area (TPSA) is 55.2 Å². The van der Waals surface area contributed by atoms with Gasteiger partial charge in [-0.25, -0.2) is 0 Å². The molecule has 0 unspecified atom stereocenters. The maximum Gasteiger partial charge on any atom is 0.423 e. The molecule has 0 aliphatic rings. The molecule has 0 atom stereocenters. The van der Waals surface area contributed by atoms with Crippen LogP contribution < -0.4 is 5.32 Å². The predicted octanol–water partition coefficient (Wildman–Crippen LogP) is 3.93. The van der Waals surface area contributed by atoms with Gasteiger partial charge in [-0.2, -0.15) is 13.2 Å². The Balaban J connectivity index is 3.14. The largest absolute Gasteiger partial charge is 0.423 e. The summed E-state index contributed by atoms with van der Waals surface area (Å²) in [7, 11) is 0. The number of halogens is 4. The van der Waals surface area contributed by atoms with Crippen LogP contribution in [0, 0.1) is 10.1 Å². The monoisotopic (exact) mass is 324 g/mol. The van der Waals surface area contributed by atoms with E-state index in [-0.39, 0.29) is 12.2 Å². The van der Waals surface area contributed by atoms with Gasteiger partial charge in [0.1, 0.15) is 5.56 Å². The second-order valence-corrected chi connectivity index (χ2v) is 4.48. The second kappa shape index (κ2) is 5.38. The summed E-state index contributed by atoms with van der Waals surface area (Å²) in [6, 6.07) is 2.74. The molecular weight excluding hydrogens is 317 g/mol. The van der Waals surface area contributed by atoms with E-state index in [0.717, 1.165) is 6.07 Å². The number of nitrogens with zero attached hydrogens (tertiary/aromatic N) is 1. The normalized spacial score (nSPS) is 11.1.